The van der Waals surface area contributed by atoms with Gasteiger partial charge < -0.3 is 45.1 Å². The number of phosphoric acid groups is 2. The van der Waals surface area contributed by atoms with Gasteiger partial charge in [-0.3, -0.25) is 23.2 Å². The Labute approximate surface area is 431 Å². The second-order valence-electron chi connectivity index (χ2n) is 17.1. The first-order chi connectivity index (χ1) is 35.1. The van der Waals surface area contributed by atoms with Crippen molar-refractivity contribution in [1.82, 2.24) is 9.55 Å². The van der Waals surface area contributed by atoms with Gasteiger partial charge in [-0.15, -0.1) is 0 Å². The average molecular weight is 1070 g/mol. The van der Waals surface area contributed by atoms with Crippen molar-refractivity contribution in [2.75, 3.05) is 25.6 Å². The molecule has 8 atom stereocenters. The number of nitrogens with zero attached hydrogens (tertiary/aromatic N) is 2. The molecule has 1 fully saturated rings. The average Bonchev–Trinajstić information content (AvgIpc) is 3.62. The van der Waals surface area contributed by atoms with Crippen LogP contribution in [0.4, 0.5) is 5.82 Å². The van der Waals surface area contributed by atoms with Crippen LogP contribution in [0.25, 0.3) is 0 Å². The van der Waals surface area contributed by atoms with Crippen molar-refractivity contribution in [3.63, 3.8) is 0 Å². The predicted octanol–water partition coefficient (Wildman–Crippen LogP) is 9.41. The van der Waals surface area contributed by atoms with E-state index < -0.39 is 89.8 Å². The van der Waals surface area contributed by atoms with Gasteiger partial charge in [-0.1, -0.05) is 143 Å². The summed E-state index contributed by atoms with van der Waals surface area (Å²) >= 11 is 0. The van der Waals surface area contributed by atoms with Gasteiger partial charge in [-0.05, 0) is 83.1 Å². The molecule has 0 aromatic carbocycles. The maximum Gasteiger partial charge on any atom is 0.481 e. The molecular formula is C52H81N3O16P2. The fourth-order valence-electron chi connectivity index (χ4n) is 6.80. The van der Waals surface area contributed by atoms with E-state index in [0.29, 0.717) is 38.5 Å². The van der Waals surface area contributed by atoms with Crippen LogP contribution in [0.1, 0.15) is 142 Å². The zero-order chi connectivity index (χ0) is 53.6. The molecule has 0 amide bonds. The minimum atomic E-state index is -5.46. The summed E-state index contributed by atoms with van der Waals surface area (Å²) in [6.45, 7) is 1.79. The molecule has 2 rings (SSSR count). The molecule has 7 N–H and O–H groups in total. The van der Waals surface area contributed by atoms with Crippen LogP contribution in [-0.4, -0.2) is 96.9 Å². The summed E-state index contributed by atoms with van der Waals surface area (Å²) in [5, 5.41) is 30.7. The van der Waals surface area contributed by atoms with Gasteiger partial charge >= 0.3 is 33.3 Å². The highest BCUT2D eigenvalue weighted by molar-refractivity contribution is 7.61. The number of nitrogen functional groups attached to an aromatic ring is 1. The van der Waals surface area contributed by atoms with Crippen LogP contribution in [0.15, 0.2) is 114 Å². The van der Waals surface area contributed by atoms with Gasteiger partial charge in [0, 0.05) is 19.0 Å². The van der Waals surface area contributed by atoms with Crippen LogP contribution in [0, 0.1) is 0 Å². The summed E-state index contributed by atoms with van der Waals surface area (Å²) in [4.78, 5) is 61.9. The van der Waals surface area contributed by atoms with E-state index in [0.717, 1.165) is 42.9 Å². The number of esters is 2. The maximum absolute atomic E-state index is 12.8. The fraction of sp³-hybridized carbons (Fsp3) is 0.577. The first-order valence-electron chi connectivity index (χ1n) is 25.4. The molecule has 1 saturated heterocycles. The van der Waals surface area contributed by atoms with Crippen molar-refractivity contribution in [3.05, 3.63) is 120 Å². The molecular weight excluding hydrogens is 985 g/mol. The quantitative estimate of drug-likeness (QED) is 0.0117. The first kappa shape index (κ1) is 64.8. The molecule has 0 bridgehead atoms. The first-order valence-corrected chi connectivity index (χ1v) is 28.3. The molecule has 1 aliphatic rings. The van der Waals surface area contributed by atoms with E-state index in [4.69, 9.17) is 29.0 Å². The number of phosphoric ester groups is 2. The monoisotopic (exact) mass is 1070 g/mol. The molecule has 73 heavy (non-hydrogen) atoms. The number of nitrogens with two attached hydrogens (primary N) is 1. The molecule has 1 aliphatic heterocycles. The number of aliphatic hydroxyl groups excluding tert-OH is 3. The summed E-state index contributed by atoms with van der Waals surface area (Å²) in [5.74, 6) is -1.47. The molecule has 2 heterocycles. The lowest BCUT2D eigenvalue weighted by molar-refractivity contribution is -0.161. The van der Waals surface area contributed by atoms with E-state index in [9.17, 15) is 48.6 Å². The number of allylic oxidation sites excluding steroid dienone is 14. The highest BCUT2D eigenvalue weighted by Crippen LogP contribution is 2.60. The normalized spacial score (nSPS) is 20.2. The highest BCUT2D eigenvalue weighted by atomic mass is 31.3. The largest absolute Gasteiger partial charge is 0.481 e. The summed E-state index contributed by atoms with van der Waals surface area (Å²) in [6.07, 6.45) is 39.9. The Morgan fingerprint density at radius 2 is 1.30 bits per heavy atom. The Morgan fingerprint density at radius 1 is 0.740 bits per heavy atom. The van der Waals surface area contributed by atoms with E-state index in [1.807, 2.05) is 73.8 Å². The highest BCUT2D eigenvalue weighted by Gasteiger charge is 2.46. The van der Waals surface area contributed by atoms with Crippen LogP contribution in [0.3, 0.4) is 0 Å². The molecule has 19 nitrogen and oxygen atoms in total. The molecule has 0 radical (unpaired) electrons. The predicted molar refractivity (Wildman–Crippen MR) is 281 cm³/mol. The van der Waals surface area contributed by atoms with Gasteiger partial charge in [-0.25, -0.2) is 13.9 Å². The maximum atomic E-state index is 12.8. The number of rotatable bonds is 40. The lowest BCUT2D eigenvalue weighted by atomic mass is 10.1. The number of carbonyl (C=O) groups excluding carboxylic acids is 2. The van der Waals surface area contributed by atoms with Gasteiger partial charge in [0.05, 0.1) is 19.3 Å². The second-order valence-corrected chi connectivity index (χ2v) is 20.2. The Morgan fingerprint density at radius 3 is 1.93 bits per heavy atom. The third-order valence-electron chi connectivity index (χ3n) is 10.7. The Kier molecular flexibility index (Phi) is 34.7. The molecule has 0 spiro atoms. The summed E-state index contributed by atoms with van der Waals surface area (Å²) < 4.78 is 56.6. The number of ether oxygens (including phenoxy) is 3. The number of aliphatic hydroxyl groups is 3. The third kappa shape index (κ3) is 31.9. The van der Waals surface area contributed by atoms with Crippen molar-refractivity contribution in [3.8, 4) is 0 Å². The van der Waals surface area contributed by atoms with Gasteiger partial charge in [0.1, 0.15) is 30.7 Å². The van der Waals surface area contributed by atoms with Crippen LogP contribution >= 0.6 is 15.6 Å². The summed E-state index contributed by atoms with van der Waals surface area (Å²) in [5.41, 5.74) is 4.57. The minimum absolute atomic E-state index is 0.0147. The van der Waals surface area contributed by atoms with E-state index in [-0.39, 0.29) is 18.7 Å². The number of unbranched alkanes of at least 4 members (excludes halogenated alkanes) is 8. The number of anilines is 1. The lowest BCUT2D eigenvalue weighted by Gasteiger charge is -2.21. The number of aromatic nitrogens is 2. The van der Waals surface area contributed by atoms with Crippen molar-refractivity contribution >= 4 is 33.4 Å². The zero-order valence-corrected chi connectivity index (χ0v) is 44.3. The van der Waals surface area contributed by atoms with E-state index in [2.05, 4.69) is 40.5 Å². The summed E-state index contributed by atoms with van der Waals surface area (Å²) in [7, 11) is -10.9. The molecule has 1 aromatic heterocycles. The molecule has 21 heteroatoms. The van der Waals surface area contributed by atoms with Crippen molar-refractivity contribution in [1.29, 1.82) is 0 Å². The zero-order valence-electron chi connectivity index (χ0n) is 42.5. The van der Waals surface area contributed by atoms with E-state index >= 15 is 0 Å². The lowest BCUT2D eigenvalue weighted by Crippen LogP contribution is -2.36. The number of carbonyl (C=O) groups is 2. The van der Waals surface area contributed by atoms with Crippen molar-refractivity contribution < 1.29 is 71.4 Å². The number of hydrogen-bond donors (Lipinski definition) is 6. The molecule has 0 saturated carbocycles. The molecule has 0 aliphatic carbocycles. The molecule has 3 unspecified atom stereocenters. The van der Waals surface area contributed by atoms with Gasteiger partial charge in [0.15, 0.2) is 12.3 Å². The molecule has 1 aromatic rings. The number of hydrogen-bond acceptors (Lipinski definition) is 16. The second kappa shape index (κ2) is 39.1. The Bertz CT molecular complexity index is 2120. The van der Waals surface area contributed by atoms with Gasteiger partial charge in [0.25, 0.3) is 0 Å². The van der Waals surface area contributed by atoms with Crippen LogP contribution in [-0.2, 0) is 46.3 Å². The smallest absolute Gasteiger partial charge is 0.462 e. The topological polar surface area (TPSA) is 286 Å². The standard InChI is InChI=1S/C52H81N3O16P2/c1-3-5-7-8-9-10-11-12-13-14-15-16-21-24-27-30-33-37-48(58)69-44(40-66-47(57)36-32-29-26-23-20-18-17-19-22-25-28-31-35-43(56)34-6-4-2)41-67-72(62,63)71-73(64,65)68-42-45-49(59)50(60)51(70-45)55-39-38-46(53)54-52(55)61/h6,12-13,15-18,22-28,31,34,38-39,43-45,49-51,56,59-60H,3-5,7-11,14,19-21,29-30,32-33,35-37,40-42H2,1-2H3,(H,62,63)(H,64,65)(H2,53,54,61)/b13-12-,16-15-,18-17-,25-22-,26-23-,27-24-,31-28+,34-6-/t43?,44-,45-,49-,50-,51-/m1/s1. The van der Waals surface area contributed by atoms with Gasteiger partial charge in [-0.2, -0.15) is 9.29 Å². The van der Waals surface area contributed by atoms with Crippen LogP contribution < -0.4 is 11.4 Å². The van der Waals surface area contributed by atoms with Crippen molar-refractivity contribution in [2.24, 2.45) is 0 Å². The Hall–Kier alpha value is -4.36. The van der Waals surface area contributed by atoms with Crippen LogP contribution in [0.2, 0.25) is 0 Å². The Balaban J connectivity index is 1.86. The van der Waals surface area contributed by atoms with Crippen LogP contribution in [0.5, 0.6) is 0 Å². The third-order valence-corrected chi connectivity index (χ3v) is 13.3. The minimum Gasteiger partial charge on any atom is -0.462 e. The van der Waals surface area contributed by atoms with E-state index in [1.54, 1.807) is 6.08 Å². The van der Waals surface area contributed by atoms with Crippen molar-refractivity contribution in [2.45, 2.75) is 173 Å². The molecule has 410 valence electrons. The summed E-state index contributed by atoms with van der Waals surface area (Å²) in [6, 6.07) is 1.24. The SMILES string of the molecule is CC/C=C\C(O)C/C=C/C=C\C/C=C\C/C=C\CCCC(=O)OC[C@H](COP(=O)(O)OP(=O)(O)OC[C@H]1O[C@@H](n2ccc(N)nc2=O)[C@H](O)[C@@H]1O)OC(=O)CCC/C=C\C/C=C\C/C=C\CCCCCCCC. The fourth-order valence-corrected chi connectivity index (χ4v) is 8.91. The van der Waals surface area contributed by atoms with E-state index in [1.165, 1.54) is 44.6 Å². The van der Waals surface area contributed by atoms with Gasteiger partial charge in [0.2, 0.25) is 0 Å².